The monoisotopic (exact) mass is 242 g/mol. The van der Waals surface area contributed by atoms with Crippen LogP contribution in [0.25, 0.3) is 0 Å². The van der Waals surface area contributed by atoms with Crippen LogP contribution in [0.4, 0.5) is 19.0 Å². The van der Waals surface area contributed by atoms with Crippen LogP contribution in [0.2, 0.25) is 0 Å². The van der Waals surface area contributed by atoms with Gasteiger partial charge in [-0.3, -0.25) is 0 Å². The molecule has 0 unspecified atom stereocenters. The Morgan fingerprint density at radius 2 is 2.06 bits per heavy atom. The van der Waals surface area contributed by atoms with Gasteiger partial charge in [-0.2, -0.15) is 13.2 Å². The molecule has 0 saturated heterocycles. The number of nitrogens with one attached hydrogen (secondary N) is 1. The van der Waals surface area contributed by atoms with Crippen LogP contribution in [0, 0.1) is 0 Å². The van der Waals surface area contributed by atoms with Gasteiger partial charge in [0.05, 0.1) is 18.4 Å². The molecule has 0 bridgehead atoms. The number of anilines is 1. The molecule has 2 aromatic heterocycles. The minimum atomic E-state index is -4.35. The summed E-state index contributed by atoms with van der Waals surface area (Å²) in [5.41, 5.74) is -0.763. The first-order valence-electron chi connectivity index (χ1n) is 4.85. The number of halogens is 3. The van der Waals surface area contributed by atoms with Crippen molar-refractivity contribution in [1.29, 1.82) is 0 Å². The zero-order valence-electron chi connectivity index (χ0n) is 8.66. The first-order valence-corrected chi connectivity index (χ1v) is 4.85. The second kappa shape index (κ2) is 4.48. The van der Waals surface area contributed by atoms with Crippen molar-refractivity contribution < 1.29 is 17.6 Å². The first-order chi connectivity index (χ1) is 8.05. The van der Waals surface area contributed by atoms with E-state index in [1.165, 1.54) is 12.3 Å². The summed E-state index contributed by atoms with van der Waals surface area (Å²) in [4.78, 5) is 3.67. The largest absolute Gasteiger partial charge is 0.467 e. The Bertz CT molecular complexity index is 462. The molecule has 0 aliphatic rings. The second-order valence-corrected chi connectivity index (χ2v) is 3.36. The lowest BCUT2D eigenvalue weighted by Crippen LogP contribution is -2.06. The van der Waals surface area contributed by atoms with E-state index >= 15 is 0 Å². The molecule has 1 N–H and O–H groups in total. The maximum atomic E-state index is 12.3. The number of alkyl halides is 3. The number of rotatable bonds is 3. The molecule has 0 aliphatic carbocycles. The van der Waals surface area contributed by atoms with E-state index in [-0.39, 0.29) is 0 Å². The molecule has 2 rings (SSSR count). The van der Waals surface area contributed by atoms with E-state index in [0.29, 0.717) is 18.1 Å². The molecule has 0 aromatic carbocycles. The molecule has 0 radical (unpaired) electrons. The van der Waals surface area contributed by atoms with Crippen molar-refractivity contribution in [3.63, 3.8) is 0 Å². The van der Waals surface area contributed by atoms with Crippen LogP contribution < -0.4 is 5.32 Å². The lowest BCUT2D eigenvalue weighted by atomic mass is 10.3. The maximum absolute atomic E-state index is 12.3. The topological polar surface area (TPSA) is 38.1 Å². The van der Waals surface area contributed by atoms with Crippen LogP contribution in [0.3, 0.4) is 0 Å². The molecule has 0 saturated carbocycles. The van der Waals surface area contributed by atoms with Gasteiger partial charge in [0.25, 0.3) is 0 Å². The normalized spacial score (nSPS) is 11.5. The van der Waals surface area contributed by atoms with Crippen LogP contribution in [0.5, 0.6) is 0 Å². The standard InChI is InChI=1S/C11H9F3N2O/c12-11(13,14)8-3-4-10(15-6-8)16-7-9-2-1-5-17-9/h1-6H,7H2,(H,15,16). The number of furan rings is 1. The highest BCUT2D eigenvalue weighted by atomic mass is 19.4. The Morgan fingerprint density at radius 3 is 2.59 bits per heavy atom. The lowest BCUT2D eigenvalue weighted by Gasteiger charge is -2.07. The zero-order chi connectivity index (χ0) is 12.3. The van der Waals surface area contributed by atoms with Gasteiger partial charge in [0, 0.05) is 6.20 Å². The van der Waals surface area contributed by atoms with E-state index in [9.17, 15) is 13.2 Å². The number of hydrogen-bond donors (Lipinski definition) is 1. The molecular weight excluding hydrogens is 233 g/mol. The lowest BCUT2D eigenvalue weighted by molar-refractivity contribution is -0.137. The summed E-state index contributed by atoms with van der Waals surface area (Å²) < 4.78 is 41.8. The minimum absolute atomic E-state index is 0.370. The maximum Gasteiger partial charge on any atom is 0.417 e. The summed E-state index contributed by atoms with van der Waals surface area (Å²) in [7, 11) is 0. The van der Waals surface area contributed by atoms with Crippen LogP contribution in [-0.4, -0.2) is 4.98 Å². The third-order valence-corrected chi connectivity index (χ3v) is 2.11. The molecule has 0 fully saturated rings. The molecule has 0 aliphatic heterocycles. The molecule has 6 heteroatoms. The fourth-order valence-corrected chi connectivity index (χ4v) is 1.26. The average Bonchev–Trinajstić information content (AvgIpc) is 2.78. The van der Waals surface area contributed by atoms with Crippen LogP contribution in [-0.2, 0) is 12.7 Å². The van der Waals surface area contributed by atoms with Crippen molar-refractivity contribution in [2.75, 3.05) is 5.32 Å². The van der Waals surface area contributed by atoms with Gasteiger partial charge in [0.15, 0.2) is 0 Å². The van der Waals surface area contributed by atoms with Crippen molar-refractivity contribution in [3.05, 3.63) is 48.0 Å². The summed E-state index contributed by atoms with van der Waals surface area (Å²) in [6, 6.07) is 5.76. The summed E-state index contributed by atoms with van der Waals surface area (Å²) in [5.74, 6) is 1.06. The van der Waals surface area contributed by atoms with E-state index in [0.717, 1.165) is 12.3 Å². The number of hydrogen-bond acceptors (Lipinski definition) is 3. The average molecular weight is 242 g/mol. The Morgan fingerprint density at radius 1 is 1.24 bits per heavy atom. The molecule has 2 heterocycles. The predicted octanol–water partition coefficient (Wildman–Crippen LogP) is 3.31. The fraction of sp³-hybridized carbons (Fsp3) is 0.182. The van der Waals surface area contributed by atoms with Crippen LogP contribution in [0.1, 0.15) is 11.3 Å². The highest BCUT2D eigenvalue weighted by Crippen LogP contribution is 2.28. The van der Waals surface area contributed by atoms with E-state index in [1.807, 2.05) is 0 Å². The van der Waals surface area contributed by atoms with Crippen LogP contribution in [0.15, 0.2) is 41.1 Å². The predicted molar refractivity (Wildman–Crippen MR) is 55.3 cm³/mol. The fourth-order valence-electron chi connectivity index (χ4n) is 1.26. The van der Waals surface area contributed by atoms with Gasteiger partial charge in [-0.25, -0.2) is 4.98 Å². The summed E-state index contributed by atoms with van der Waals surface area (Å²) >= 11 is 0. The van der Waals surface area contributed by atoms with Gasteiger partial charge in [0.2, 0.25) is 0 Å². The smallest absolute Gasteiger partial charge is 0.417 e. The Kier molecular flexibility index (Phi) is 3.03. The molecule has 0 atom stereocenters. The molecule has 3 nitrogen and oxygen atoms in total. The molecule has 90 valence electrons. The zero-order valence-corrected chi connectivity index (χ0v) is 8.66. The van der Waals surface area contributed by atoms with Crippen molar-refractivity contribution in [3.8, 4) is 0 Å². The third kappa shape index (κ3) is 2.99. The highest BCUT2D eigenvalue weighted by molar-refractivity contribution is 5.36. The molecular formula is C11H9F3N2O. The third-order valence-electron chi connectivity index (χ3n) is 2.11. The second-order valence-electron chi connectivity index (χ2n) is 3.36. The summed E-state index contributed by atoms with van der Waals surface area (Å²) in [6.45, 7) is 0.380. The quantitative estimate of drug-likeness (QED) is 0.897. The van der Waals surface area contributed by atoms with Crippen molar-refractivity contribution in [2.45, 2.75) is 12.7 Å². The van der Waals surface area contributed by atoms with E-state index in [2.05, 4.69) is 10.3 Å². The molecule has 2 aromatic rings. The van der Waals surface area contributed by atoms with Gasteiger partial charge < -0.3 is 9.73 Å². The van der Waals surface area contributed by atoms with Gasteiger partial charge in [-0.1, -0.05) is 0 Å². The Labute approximate surface area is 95.3 Å². The van der Waals surface area contributed by atoms with Crippen molar-refractivity contribution >= 4 is 5.82 Å². The summed E-state index contributed by atoms with van der Waals surface area (Å²) in [6.07, 6.45) is -2.03. The van der Waals surface area contributed by atoms with E-state index < -0.39 is 11.7 Å². The van der Waals surface area contributed by atoms with E-state index in [1.54, 1.807) is 12.1 Å². The minimum Gasteiger partial charge on any atom is -0.467 e. The summed E-state index contributed by atoms with van der Waals surface area (Å²) in [5, 5.41) is 2.85. The molecule has 0 spiro atoms. The SMILES string of the molecule is FC(F)(F)c1ccc(NCc2ccco2)nc1. The van der Waals surface area contributed by atoms with Crippen molar-refractivity contribution in [2.24, 2.45) is 0 Å². The molecule has 17 heavy (non-hydrogen) atoms. The van der Waals surface area contributed by atoms with Crippen molar-refractivity contribution in [1.82, 2.24) is 4.98 Å². The molecule has 0 amide bonds. The first kappa shape index (κ1) is 11.5. The highest BCUT2D eigenvalue weighted by Gasteiger charge is 2.30. The Balaban J connectivity index is 1.99. The van der Waals surface area contributed by atoms with Crippen LogP contribution >= 0.6 is 0 Å². The van der Waals surface area contributed by atoms with Gasteiger partial charge in [0.1, 0.15) is 11.6 Å². The number of aromatic nitrogens is 1. The Hall–Kier alpha value is -1.98. The van der Waals surface area contributed by atoms with Gasteiger partial charge >= 0.3 is 6.18 Å². The van der Waals surface area contributed by atoms with Gasteiger partial charge in [-0.05, 0) is 24.3 Å². The number of nitrogens with zero attached hydrogens (tertiary/aromatic N) is 1. The van der Waals surface area contributed by atoms with E-state index in [4.69, 9.17) is 4.42 Å². The van der Waals surface area contributed by atoms with Gasteiger partial charge in [-0.15, -0.1) is 0 Å². The number of pyridine rings is 1.